The van der Waals surface area contributed by atoms with Crippen molar-refractivity contribution in [3.8, 4) is 0 Å². The van der Waals surface area contributed by atoms with Crippen LogP contribution in [0, 0.1) is 0 Å². The van der Waals surface area contributed by atoms with Crippen LogP contribution in [0.5, 0.6) is 0 Å². The molecule has 108 valence electrons. The summed E-state index contributed by atoms with van der Waals surface area (Å²) in [6.45, 7) is 2.57. The van der Waals surface area contributed by atoms with Crippen molar-refractivity contribution >= 4 is 17.5 Å². The summed E-state index contributed by atoms with van der Waals surface area (Å²) in [4.78, 5) is 14.2. The molecule has 1 amide bonds. The van der Waals surface area contributed by atoms with Crippen LogP contribution >= 0.6 is 11.6 Å². The Labute approximate surface area is 123 Å². The highest BCUT2D eigenvalue weighted by molar-refractivity contribution is 6.30. The lowest BCUT2D eigenvalue weighted by molar-refractivity contribution is -0.187. The number of halogens is 1. The molecule has 4 nitrogen and oxygen atoms in total. The third-order valence-corrected chi connectivity index (χ3v) is 4.40. The van der Waals surface area contributed by atoms with Gasteiger partial charge in [-0.05, 0) is 5.56 Å². The third kappa shape index (κ3) is 2.68. The maximum Gasteiger partial charge on any atom is 0.245 e. The minimum atomic E-state index is -0.615. The first-order valence-corrected chi connectivity index (χ1v) is 7.40. The van der Waals surface area contributed by atoms with Crippen LogP contribution < -0.4 is 0 Å². The molecule has 2 saturated heterocycles. The Balaban J connectivity index is 1.61. The van der Waals surface area contributed by atoms with Crippen LogP contribution in [0.2, 0.25) is 0 Å². The lowest BCUT2D eigenvalue weighted by Gasteiger charge is -2.38. The Kier molecular flexibility index (Phi) is 3.96. The minimum absolute atomic E-state index is 0.0364. The zero-order chi connectivity index (χ0) is 14.0. The number of piperidine rings is 1. The quantitative estimate of drug-likeness (QED) is 0.786. The van der Waals surface area contributed by atoms with Gasteiger partial charge in [0, 0.05) is 25.9 Å². The maximum atomic E-state index is 12.4. The predicted octanol–water partition coefficient (Wildman–Crippen LogP) is 2.33. The van der Waals surface area contributed by atoms with E-state index in [0.717, 1.165) is 18.4 Å². The lowest BCUT2D eigenvalue weighted by Crippen LogP contribution is -2.48. The summed E-state index contributed by atoms with van der Waals surface area (Å²) in [6, 6.07) is 9.46. The van der Waals surface area contributed by atoms with Crippen molar-refractivity contribution in [3.05, 3.63) is 35.9 Å². The Morgan fingerprint density at radius 2 is 1.75 bits per heavy atom. The summed E-state index contributed by atoms with van der Waals surface area (Å²) in [5.41, 5.74) is 0.841. The van der Waals surface area contributed by atoms with Gasteiger partial charge in [0.15, 0.2) is 5.79 Å². The van der Waals surface area contributed by atoms with Gasteiger partial charge in [0.2, 0.25) is 5.91 Å². The number of alkyl halides is 1. The zero-order valence-electron chi connectivity index (χ0n) is 11.3. The molecule has 0 saturated carbocycles. The molecule has 0 bridgehead atoms. The number of ether oxygens (including phenoxy) is 2. The van der Waals surface area contributed by atoms with E-state index >= 15 is 0 Å². The minimum Gasteiger partial charge on any atom is -0.347 e. The molecular weight excluding hydrogens is 278 g/mol. The zero-order valence-corrected chi connectivity index (χ0v) is 12.0. The molecule has 1 aromatic rings. The fourth-order valence-electron chi connectivity index (χ4n) is 2.78. The Bertz CT molecular complexity index is 463. The van der Waals surface area contributed by atoms with E-state index in [9.17, 15) is 4.79 Å². The number of hydrogen-bond donors (Lipinski definition) is 0. The van der Waals surface area contributed by atoms with Crippen molar-refractivity contribution in [1.29, 1.82) is 0 Å². The van der Waals surface area contributed by atoms with Gasteiger partial charge in [-0.2, -0.15) is 0 Å². The second-order valence-corrected chi connectivity index (χ2v) is 5.64. The van der Waals surface area contributed by atoms with Crippen LogP contribution in [-0.2, 0) is 14.3 Å². The van der Waals surface area contributed by atoms with Crippen LogP contribution in [0.1, 0.15) is 23.8 Å². The first-order valence-electron chi connectivity index (χ1n) is 6.96. The molecule has 2 heterocycles. The molecule has 2 aliphatic heterocycles. The van der Waals surface area contributed by atoms with Crippen LogP contribution in [0.25, 0.3) is 0 Å². The molecule has 1 unspecified atom stereocenters. The smallest absolute Gasteiger partial charge is 0.245 e. The lowest BCUT2D eigenvalue weighted by atomic mass is 10.0. The number of benzene rings is 1. The van der Waals surface area contributed by atoms with Gasteiger partial charge in [-0.1, -0.05) is 30.3 Å². The molecule has 3 rings (SSSR count). The fraction of sp³-hybridized carbons (Fsp3) is 0.533. The number of carbonyl (C=O) groups excluding carboxylic acids is 1. The summed E-state index contributed by atoms with van der Waals surface area (Å²) in [6.07, 6.45) is 1.44. The van der Waals surface area contributed by atoms with Crippen LogP contribution in [-0.4, -0.2) is 42.9 Å². The summed E-state index contributed by atoms with van der Waals surface area (Å²) in [7, 11) is 0. The molecule has 0 N–H and O–H groups in total. The molecule has 1 aromatic carbocycles. The Morgan fingerprint density at radius 3 is 2.35 bits per heavy atom. The largest absolute Gasteiger partial charge is 0.347 e. The van der Waals surface area contributed by atoms with Gasteiger partial charge < -0.3 is 14.4 Å². The van der Waals surface area contributed by atoms with E-state index in [4.69, 9.17) is 21.1 Å². The summed E-state index contributed by atoms with van der Waals surface area (Å²) >= 11 is 6.29. The van der Waals surface area contributed by atoms with E-state index < -0.39 is 11.2 Å². The summed E-state index contributed by atoms with van der Waals surface area (Å²) in [5, 5.41) is -0.615. The number of hydrogen-bond acceptors (Lipinski definition) is 3. The third-order valence-electron chi connectivity index (χ3n) is 3.96. The van der Waals surface area contributed by atoms with Gasteiger partial charge in [0.05, 0.1) is 13.2 Å². The van der Waals surface area contributed by atoms with Gasteiger partial charge >= 0.3 is 0 Å². The van der Waals surface area contributed by atoms with Gasteiger partial charge in [0.25, 0.3) is 0 Å². The van der Waals surface area contributed by atoms with Crippen molar-refractivity contribution < 1.29 is 14.3 Å². The average molecular weight is 296 g/mol. The normalized spacial score (nSPS) is 22.9. The van der Waals surface area contributed by atoms with E-state index in [1.54, 1.807) is 4.90 Å². The highest BCUT2D eigenvalue weighted by Crippen LogP contribution is 2.33. The molecule has 20 heavy (non-hydrogen) atoms. The summed E-state index contributed by atoms with van der Waals surface area (Å²) < 4.78 is 11.3. The topological polar surface area (TPSA) is 38.8 Å². The monoisotopic (exact) mass is 295 g/mol. The number of rotatable bonds is 2. The van der Waals surface area contributed by atoms with Gasteiger partial charge in [-0.3, -0.25) is 4.79 Å². The number of amides is 1. The van der Waals surface area contributed by atoms with Crippen LogP contribution in [0.4, 0.5) is 0 Å². The number of nitrogens with zero attached hydrogens (tertiary/aromatic N) is 1. The van der Waals surface area contributed by atoms with Crippen molar-refractivity contribution in [2.75, 3.05) is 26.3 Å². The van der Waals surface area contributed by atoms with Crippen molar-refractivity contribution in [2.45, 2.75) is 24.0 Å². The standard InChI is InChI=1S/C15H18ClNO3/c16-13(12-4-2-1-3-5-12)14(18)17-8-6-15(7-9-17)19-10-11-20-15/h1-5,13H,6-11H2. The molecular formula is C15H18ClNO3. The van der Waals surface area contributed by atoms with Crippen molar-refractivity contribution in [1.82, 2.24) is 4.90 Å². The van der Waals surface area contributed by atoms with Crippen LogP contribution in [0.3, 0.4) is 0 Å². The van der Waals surface area contributed by atoms with E-state index in [1.165, 1.54) is 0 Å². The molecule has 0 radical (unpaired) electrons. The molecule has 0 aliphatic carbocycles. The highest BCUT2D eigenvalue weighted by atomic mass is 35.5. The predicted molar refractivity (Wildman–Crippen MR) is 75.5 cm³/mol. The Hall–Kier alpha value is -1.10. The van der Waals surface area contributed by atoms with E-state index in [0.29, 0.717) is 26.3 Å². The SMILES string of the molecule is O=C(C(Cl)c1ccccc1)N1CCC2(CC1)OCCO2. The van der Waals surface area contributed by atoms with E-state index in [1.807, 2.05) is 30.3 Å². The first-order chi connectivity index (χ1) is 9.70. The second kappa shape index (κ2) is 5.72. The van der Waals surface area contributed by atoms with Crippen molar-refractivity contribution in [2.24, 2.45) is 0 Å². The average Bonchev–Trinajstić information content (AvgIpc) is 2.96. The van der Waals surface area contributed by atoms with Crippen molar-refractivity contribution in [3.63, 3.8) is 0 Å². The number of carbonyl (C=O) groups is 1. The molecule has 5 heteroatoms. The molecule has 1 spiro atoms. The molecule has 1 atom stereocenters. The van der Waals surface area contributed by atoms with E-state index in [2.05, 4.69) is 0 Å². The number of likely N-dealkylation sites (tertiary alicyclic amines) is 1. The van der Waals surface area contributed by atoms with Gasteiger partial charge in [-0.25, -0.2) is 0 Å². The first kappa shape index (κ1) is 13.9. The molecule has 2 aliphatic rings. The van der Waals surface area contributed by atoms with E-state index in [-0.39, 0.29) is 5.91 Å². The second-order valence-electron chi connectivity index (χ2n) is 5.21. The fourth-order valence-corrected chi connectivity index (χ4v) is 3.06. The van der Waals surface area contributed by atoms with Gasteiger partial charge in [0.1, 0.15) is 5.38 Å². The Morgan fingerprint density at radius 1 is 1.15 bits per heavy atom. The maximum absolute atomic E-state index is 12.4. The molecule has 0 aromatic heterocycles. The van der Waals surface area contributed by atoms with Gasteiger partial charge in [-0.15, -0.1) is 11.6 Å². The highest BCUT2D eigenvalue weighted by Gasteiger charge is 2.41. The molecule has 2 fully saturated rings. The summed E-state index contributed by atoms with van der Waals surface area (Å²) in [5.74, 6) is -0.489. The van der Waals surface area contributed by atoms with Crippen LogP contribution in [0.15, 0.2) is 30.3 Å².